The number of halogens is 2. The van der Waals surface area contributed by atoms with Crippen LogP contribution in [0, 0.1) is 0 Å². The Morgan fingerprint density at radius 2 is 1.72 bits per heavy atom. The molecule has 1 nitrogen and oxygen atoms in total. The summed E-state index contributed by atoms with van der Waals surface area (Å²) in [5.41, 5.74) is 0.618. The van der Waals surface area contributed by atoms with Crippen LogP contribution in [-0.2, 0) is 12.8 Å². The van der Waals surface area contributed by atoms with Crippen molar-refractivity contribution in [3.8, 4) is 0 Å². The zero-order valence-electron chi connectivity index (χ0n) is 9.99. The first-order chi connectivity index (χ1) is 8.61. The molecule has 1 aromatic heterocycles. The lowest BCUT2D eigenvalue weighted by Gasteiger charge is -2.13. The van der Waals surface area contributed by atoms with E-state index in [9.17, 15) is 5.11 Å². The van der Waals surface area contributed by atoms with Gasteiger partial charge in [-0.25, -0.2) is 0 Å². The molecule has 0 saturated carbocycles. The monoisotopic (exact) mass is 300 g/mol. The van der Waals surface area contributed by atoms with Crippen molar-refractivity contribution < 1.29 is 5.11 Å². The van der Waals surface area contributed by atoms with Gasteiger partial charge >= 0.3 is 0 Å². The number of aliphatic hydroxyl groups excluding tert-OH is 1. The number of rotatable bonds is 4. The Hall–Kier alpha value is -0.540. The van der Waals surface area contributed by atoms with E-state index in [0.717, 1.165) is 11.3 Å². The molecule has 0 saturated heterocycles. The summed E-state index contributed by atoms with van der Waals surface area (Å²) in [5, 5.41) is 11.3. The molecule has 0 radical (unpaired) electrons. The molecule has 18 heavy (non-hydrogen) atoms. The molecular weight excluding hydrogens is 287 g/mol. The van der Waals surface area contributed by atoms with Crippen molar-refractivity contribution in [2.24, 2.45) is 0 Å². The Balaban J connectivity index is 2.19. The summed E-state index contributed by atoms with van der Waals surface area (Å²) in [6.07, 6.45) is 0.913. The summed E-state index contributed by atoms with van der Waals surface area (Å²) in [4.78, 5) is 2.47. The van der Waals surface area contributed by atoms with Crippen LogP contribution in [0.4, 0.5) is 0 Å². The number of aryl methyl sites for hydroxylation is 1. The van der Waals surface area contributed by atoms with Gasteiger partial charge in [-0.05, 0) is 30.7 Å². The van der Waals surface area contributed by atoms with E-state index >= 15 is 0 Å². The fraction of sp³-hybridized carbons (Fsp3) is 0.286. The van der Waals surface area contributed by atoms with Crippen molar-refractivity contribution in [3.05, 3.63) is 55.7 Å². The second kappa shape index (κ2) is 6.07. The molecule has 2 aromatic rings. The van der Waals surface area contributed by atoms with Gasteiger partial charge in [0.15, 0.2) is 0 Å². The normalized spacial score (nSPS) is 12.7. The van der Waals surface area contributed by atoms with Gasteiger partial charge in [0.25, 0.3) is 0 Å². The summed E-state index contributed by atoms with van der Waals surface area (Å²) >= 11 is 13.9. The molecule has 0 amide bonds. The van der Waals surface area contributed by atoms with E-state index < -0.39 is 6.10 Å². The van der Waals surface area contributed by atoms with Crippen LogP contribution in [0.25, 0.3) is 0 Å². The third-order valence-electron chi connectivity index (χ3n) is 2.79. The first-order valence-corrected chi connectivity index (χ1v) is 7.38. The SMILES string of the molecule is CCc1ccc(CC(O)c2c(Cl)cccc2Cl)s1. The molecule has 0 fully saturated rings. The molecule has 96 valence electrons. The summed E-state index contributed by atoms with van der Waals surface area (Å²) in [5.74, 6) is 0. The number of hydrogen-bond acceptors (Lipinski definition) is 2. The topological polar surface area (TPSA) is 20.2 Å². The highest BCUT2D eigenvalue weighted by Gasteiger charge is 2.16. The lowest BCUT2D eigenvalue weighted by molar-refractivity contribution is 0.179. The van der Waals surface area contributed by atoms with Gasteiger partial charge in [-0.2, -0.15) is 0 Å². The predicted molar refractivity (Wildman–Crippen MR) is 78.8 cm³/mol. The fourth-order valence-electron chi connectivity index (χ4n) is 1.84. The smallest absolute Gasteiger partial charge is 0.0867 e. The molecular formula is C14H14Cl2OS. The Bertz CT molecular complexity index is 516. The fourth-order valence-corrected chi connectivity index (χ4v) is 3.49. The molecule has 0 aliphatic heterocycles. The van der Waals surface area contributed by atoms with Crippen molar-refractivity contribution in [2.75, 3.05) is 0 Å². The van der Waals surface area contributed by atoms with E-state index in [-0.39, 0.29) is 0 Å². The third kappa shape index (κ3) is 3.07. The third-order valence-corrected chi connectivity index (χ3v) is 4.70. The van der Waals surface area contributed by atoms with Crippen LogP contribution < -0.4 is 0 Å². The molecule has 0 aliphatic rings. The molecule has 1 N–H and O–H groups in total. The minimum Gasteiger partial charge on any atom is -0.388 e. The van der Waals surface area contributed by atoms with Crippen LogP contribution >= 0.6 is 34.5 Å². The standard InChI is InChI=1S/C14H14Cl2OS/c1-2-9-6-7-10(18-9)8-13(17)14-11(15)4-3-5-12(14)16/h3-7,13,17H,2,8H2,1H3. The summed E-state index contributed by atoms with van der Waals surface area (Å²) in [7, 11) is 0. The van der Waals surface area contributed by atoms with Gasteiger partial charge < -0.3 is 5.11 Å². The first kappa shape index (κ1) is 13.9. The van der Waals surface area contributed by atoms with Crippen LogP contribution in [0.15, 0.2) is 30.3 Å². The Morgan fingerprint density at radius 3 is 2.28 bits per heavy atom. The summed E-state index contributed by atoms with van der Waals surface area (Å²) in [6.45, 7) is 2.12. The number of benzene rings is 1. The second-order valence-electron chi connectivity index (χ2n) is 4.08. The van der Waals surface area contributed by atoms with Crippen molar-refractivity contribution in [1.82, 2.24) is 0 Å². The molecule has 1 unspecified atom stereocenters. The molecule has 2 rings (SSSR count). The number of hydrogen-bond donors (Lipinski definition) is 1. The molecule has 1 aromatic carbocycles. The van der Waals surface area contributed by atoms with Gasteiger partial charge in [0.2, 0.25) is 0 Å². The Morgan fingerprint density at radius 1 is 1.11 bits per heavy atom. The van der Waals surface area contributed by atoms with Gasteiger partial charge in [0.05, 0.1) is 6.10 Å². The molecule has 0 spiro atoms. The first-order valence-electron chi connectivity index (χ1n) is 5.81. The summed E-state index contributed by atoms with van der Waals surface area (Å²) < 4.78 is 0. The van der Waals surface area contributed by atoms with Gasteiger partial charge in [0.1, 0.15) is 0 Å². The van der Waals surface area contributed by atoms with Gasteiger partial charge in [-0.1, -0.05) is 36.2 Å². The molecule has 1 heterocycles. The number of thiophene rings is 1. The number of aliphatic hydroxyl groups is 1. The van der Waals surface area contributed by atoms with Crippen molar-refractivity contribution in [2.45, 2.75) is 25.9 Å². The minimum absolute atomic E-state index is 0.516. The molecule has 4 heteroatoms. The van der Waals surface area contributed by atoms with E-state index in [0.29, 0.717) is 22.0 Å². The van der Waals surface area contributed by atoms with Crippen LogP contribution in [0.5, 0.6) is 0 Å². The van der Waals surface area contributed by atoms with E-state index in [2.05, 4.69) is 19.1 Å². The van der Waals surface area contributed by atoms with E-state index in [1.807, 2.05) is 0 Å². The zero-order valence-corrected chi connectivity index (χ0v) is 12.3. The Labute approximate surface area is 121 Å². The highest BCUT2D eigenvalue weighted by Crippen LogP contribution is 2.33. The van der Waals surface area contributed by atoms with Crippen molar-refractivity contribution in [3.63, 3.8) is 0 Å². The lowest BCUT2D eigenvalue weighted by atomic mass is 10.1. The minimum atomic E-state index is -0.658. The Kier molecular flexibility index (Phi) is 4.68. The van der Waals surface area contributed by atoms with Crippen LogP contribution in [0.1, 0.15) is 28.3 Å². The molecule has 0 aliphatic carbocycles. The van der Waals surface area contributed by atoms with Gasteiger partial charge in [-0.15, -0.1) is 11.3 Å². The quantitative estimate of drug-likeness (QED) is 0.852. The molecule has 1 atom stereocenters. The van der Waals surface area contributed by atoms with Crippen LogP contribution in [0.2, 0.25) is 10.0 Å². The lowest BCUT2D eigenvalue weighted by Crippen LogP contribution is -2.02. The van der Waals surface area contributed by atoms with Gasteiger partial charge in [-0.3, -0.25) is 0 Å². The van der Waals surface area contributed by atoms with E-state index in [1.54, 1.807) is 29.5 Å². The van der Waals surface area contributed by atoms with Crippen molar-refractivity contribution >= 4 is 34.5 Å². The van der Waals surface area contributed by atoms with Crippen LogP contribution in [0.3, 0.4) is 0 Å². The van der Waals surface area contributed by atoms with Gasteiger partial charge in [0, 0.05) is 31.8 Å². The predicted octanol–water partition coefficient (Wildman–Crippen LogP) is 4.89. The van der Waals surface area contributed by atoms with Crippen molar-refractivity contribution in [1.29, 1.82) is 0 Å². The second-order valence-corrected chi connectivity index (χ2v) is 6.14. The van der Waals surface area contributed by atoms with Crippen LogP contribution in [-0.4, -0.2) is 5.11 Å². The zero-order chi connectivity index (χ0) is 13.1. The highest BCUT2D eigenvalue weighted by molar-refractivity contribution is 7.11. The maximum Gasteiger partial charge on any atom is 0.0867 e. The van der Waals surface area contributed by atoms with E-state index in [1.165, 1.54) is 4.88 Å². The average Bonchev–Trinajstić information content (AvgIpc) is 2.76. The largest absolute Gasteiger partial charge is 0.388 e. The molecule has 0 bridgehead atoms. The maximum atomic E-state index is 10.3. The highest BCUT2D eigenvalue weighted by atomic mass is 35.5. The maximum absolute atomic E-state index is 10.3. The summed E-state index contributed by atoms with van der Waals surface area (Å²) in [6, 6.07) is 9.43. The average molecular weight is 301 g/mol. The van der Waals surface area contributed by atoms with E-state index in [4.69, 9.17) is 23.2 Å².